The van der Waals surface area contributed by atoms with Gasteiger partial charge in [0.2, 0.25) is 0 Å². The number of benzene rings is 3. The molecule has 1 aromatic heterocycles. The van der Waals surface area contributed by atoms with E-state index in [2.05, 4.69) is 24.0 Å². The average Bonchev–Trinajstić information content (AvgIpc) is 2.77. The first kappa shape index (κ1) is 19.1. The Morgan fingerprint density at radius 3 is 2.61 bits per heavy atom. The van der Waals surface area contributed by atoms with E-state index in [-0.39, 0.29) is 23.9 Å². The zero-order valence-electron chi connectivity index (χ0n) is 17.1. The van der Waals surface area contributed by atoms with Crippen molar-refractivity contribution in [2.45, 2.75) is 25.9 Å². The van der Waals surface area contributed by atoms with Crippen LogP contribution in [0.3, 0.4) is 0 Å². The lowest BCUT2D eigenvalue weighted by atomic mass is 9.86. The van der Waals surface area contributed by atoms with Gasteiger partial charge in [0.25, 0.3) is 5.56 Å². The second kappa shape index (κ2) is 7.76. The highest BCUT2D eigenvalue weighted by Crippen LogP contribution is 2.40. The number of carbonyl (C=O) groups is 1. The average molecular weight is 411 g/mol. The molecular formula is C26H21NO4. The number of carbonyl (C=O) groups excluding carboxylic acids is 1. The third-order valence-electron chi connectivity index (χ3n) is 5.61. The second-order valence-corrected chi connectivity index (χ2v) is 7.82. The fourth-order valence-corrected chi connectivity index (χ4v) is 4.13. The van der Waals surface area contributed by atoms with Gasteiger partial charge in [-0.1, -0.05) is 54.1 Å². The second-order valence-electron chi connectivity index (χ2n) is 7.82. The van der Waals surface area contributed by atoms with E-state index in [1.54, 1.807) is 6.07 Å². The number of esters is 1. The lowest BCUT2D eigenvalue weighted by molar-refractivity contribution is -0.135. The van der Waals surface area contributed by atoms with Crippen molar-refractivity contribution in [2.24, 2.45) is 0 Å². The Hall–Kier alpha value is -3.86. The predicted molar refractivity (Wildman–Crippen MR) is 119 cm³/mol. The van der Waals surface area contributed by atoms with E-state index in [4.69, 9.17) is 9.47 Å². The number of nitrogens with one attached hydrogen (secondary N) is 1. The van der Waals surface area contributed by atoms with Gasteiger partial charge < -0.3 is 14.5 Å². The molecule has 2 heterocycles. The maximum absolute atomic E-state index is 12.9. The molecule has 0 radical (unpaired) electrons. The molecule has 0 fully saturated rings. The molecule has 1 aliphatic rings. The van der Waals surface area contributed by atoms with Crippen molar-refractivity contribution in [3.63, 3.8) is 0 Å². The first-order chi connectivity index (χ1) is 15.1. The third kappa shape index (κ3) is 3.70. The number of ether oxygens (including phenoxy) is 2. The molecule has 0 saturated carbocycles. The number of H-pyrrole nitrogens is 1. The maximum atomic E-state index is 12.9. The Morgan fingerprint density at radius 1 is 1.00 bits per heavy atom. The van der Waals surface area contributed by atoms with Crippen molar-refractivity contribution in [3.05, 3.63) is 105 Å². The molecule has 0 aliphatic carbocycles. The maximum Gasteiger partial charge on any atom is 0.312 e. The quantitative estimate of drug-likeness (QED) is 0.487. The highest BCUT2D eigenvalue weighted by Gasteiger charge is 2.32. The zero-order chi connectivity index (χ0) is 21.4. The first-order valence-corrected chi connectivity index (χ1v) is 10.2. The Balaban J connectivity index is 1.45. The van der Waals surface area contributed by atoms with Gasteiger partial charge in [-0.2, -0.15) is 0 Å². The van der Waals surface area contributed by atoms with E-state index in [0.717, 1.165) is 22.3 Å². The van der Waals surface area contributed by atoms with Crippen LogP contribution in [0.15, 0.2) is 77.6 Å². The standard InChI is InChI=1S/C26H21NO4/c1-16-5-4-6-17(13-16)15-30-19-11-9-18(10-12-19)21-14-23(28)31-25-20-7-2-3-8-22(20)27-26(29)24(21)25/h2-13,21H,14-15H2,1H3,(H,27,29). The van der Waals surface area contributed by atoms with Gasteiger partial charge >= 0.3 is 5.97 Å². The van der Waals surface area contributed by atoms with Crippen molar-refractivity contribution < 1.29 is 14.3 Å². The zero-order valence-corrected chi connectivity index (χ0v) is 17.1. The monoisotopic (exact) mass is 411 g/mol. The van der Waals surface area contributed by atoms with Crippen LogP contribution in [0.4, 0.5) is 0 Å². The molecule has 1 unspecified atom stereocenters. The summed E-state index contributed by atoms with van der Waals surface area (Å²) in [6.45, 7) is 2.53. The van der Waals surface area contributed by atoms with Crippen LogP contribution in [0.2, 0.25) is 0 Å². The summed E-state index contributed by atoms with van der Waals surface area (Å²) in [6.07, 6.45) is 0.123. The first-order valence-electron chi connectivity index (χ1n) is 10.2. The van der Waals surface area contributed by atoms with Crippen molar-refractivity contribution in [3.8, 4) is 11.5 Å². The summed E-state index contributed by atoms with van der Waals surface area (Å²) in [5.74, 6) is 0.389. The van der Waals surface area contributed by atoms with Crippen LogP contribution >= 0.6 is 0 Å². The van der Waals surface area contributed by atoms with Crippen LogP contribution in [0.25, 0.3) is 10.9 Å². The molecule has 0 amide bonds. The van der Waals surface area contributed by atoms with Gasteiger partial charge in [0.1, 0.15) is 18.1 Å². The van der Waals surface area contributed by atoms with Crippen LogP contribution in [-0.4, -0.2) is 11.0 Å². The predicted octanol–water partition coefficient (Wildman–Crippen LogP) is 4.86. The Morgan fingerprint density at radius 2 is 1.81 bits per heavy atom. The number of pyridine rings is 1. The number of aromatic nitrogens is 1. The molecule has 1 aliphatic heterocycles. The van der Waals surface area contributed by atoms with E-state index in [0.29, 0.717) is 23.4 Å². The van der Waals surface area contributed by atoms with E-state index >= 15 is 0 Å². The number of para-hydroxylation sites is 1. The van der Waals surface area contributed by atoms with Crippen molar-refractivity contribution in [1.82, 2.24) is 4.98 Å². The number of fused-ring (bicyclic) bond motifs is 3. The van der Waals surface area contributed by atoms with Gasteiger partial charge in [0.15, 0.2) is 0 Å². The van der Waals surface area contributed by atoms with Crippen molar-refractivity contribution >= 4 is 16.9 Å². The van der Waals surface area contributed by atoms with Crippen LogP contribution in [0.1, 0.15) is 34.6 Å². The number of hydrogen-bond donors (Lipinski definition) is 1. The normalized spacial score (nSPS) is 15.4. The van der Waals surface area contributed by atoms with Gasteiger partial charge in [-0.15, -0.1) is 0 Å². The molecule has 4 aromatic rings. The lowest BCUT2D eigenvalue weighted by Crippen LogP contribution is -2.28. The van der Waals surface area contributed by atoms with Crippen molar-refractivity contribution in [1.29, 1.82) is 0 Å². The molecule has 1 N–H and O–H groups in total. The molecule has 154 valence electrons. The van der Waals surface area contributed by atoms with E-state index in [1.165, 1.54) is 5.56 Å². The summed E-state index contributed by atoms with van der Waals surface area (Å²) >= 11 is 0. The molecule has 0 saturated heterocycles. The fraction of sp³-hybridized carbons (Fsp3) is 0.154. The highest BCUT2D eigenvalue weighted by molar-refractivity contribution is 5.91. The van der Waals surface area contributed by atoms with Gasteiger partial charge in [-0.05, 0) is 42.3 Å². The summed E-state index contributed by atoms with van der Waals surface area (Å²) in [6, 6.07) is 23.1. The Bertz CT molecular complexity index is 1340. The minimum atomic E-state index is -0.365. The molecule has 0 bridgehead atoms. The van der Waals surface area contributed by atoms with Gasteiger partial charge in [0.05, 0.1) is 17.5 Å². The van der Waals surface area contributed by atoms with E-state index in [9.17, 15) is 9.59 Å². The van der Waals surface area contributed by atoms with Gasteiger partial charge in [-0.3, -0.25) is 9.59 Å². The van der Waals surface area contributed by atoms with E-state index < -0.39 is 0 Å². The number of hydrogen-bond acceptors (Lipinski definition) is 4. The smallest absolute Gasteiger partial charge is 0.312 e. The largest absolute Gasteiger partial charge is 0.489 e. The summed E-state index contributed by atoms with van der Waals surface area (Å²) < 4.78 is 11.4. The van der Waals surface area contributed by atoms with Crippen molar-refractivity contribution in [2.75, 3.05) is 0 Å². The van der Waals surface area contributed by atoms with Crippen LogP contribution < -0.4 is 15.0 Å². The van der Waals surface area contributed by atoms with Gasteiger partial charge in [0, 0.05) is 11.3 Å². The molecule has 5 rings (SSSR count). The number of rotatable bonds is 4. The van der Waals surface area contributed by atoms with Crippen LogP contribution in [-0.2, 0) is 11.4 Å². The molecule has 3 aromatic carbocycles. The summed E-state index contributed by atoms with van der Waals surface area (Å²) in [7, 11) is 0. The molecule has 0 spiro atoms. The highest BCUT2D eigenvalue weighted by atomic mass is 16.5. The molecular weight excluding hydrogens is 390 g/mol. The summed E-state index contributed by atoms with van der Waals surface area (Å²) in [4.78, 5) is 28.1. The number of aromatic amines is 1. The fourth-order valence-electron chi connectivity index (χ4n) is 4.13. The van der Waals surface area contributed by atoms with Gasteiger partial charge in [-0.25, -0.2) is 0 Å². The van der Waals surface area contributed by atoms with Crippen LogP contribution in [0.5, 0.6) is 11.5 Å². The van der Waals surface area contributed by atoms with Crippen LogP contribution in [0, 0.1) is 6.92 Å². The minimum Gasteiger partial charge on any atom is -0.489 e. The van der Waals surface area contributed by atoms with E-state index in [1.807, 2.05) is 54.6 Å². The summed E-state index contributed by atoms with van der Waals surface area (Å²) in [5, 5.41) is 0.730. The number of aryl methyl sites for hydroxylation is 1. The third-order valence-corrected chi connectivity index (χ3v) is 5.61. The SMILES string of the molecule is Cc1cccc(COc2ccc(C3CC(=O)Oc4c3c(=O)[nH]c3ccccc43)cc2)c1. The minimum absolute atomic E-state index is 0.123. The lowest BCUT2D eigenvalue weighted by Gasteiger charge is -2.25. The summed E-state index contributed by atoms with van der Waals surface area (Å²) in [5.41, 5.74) is 4.09. The molecule has 5 nitrogen and oxygen atoms in total. The Labute approximate surface area is 179 Å². The Kier molecular flexibility index (Phi) is 4.79. The topological polar surface area (TPSA) is 68.4 Å². The molecule has 31 heavy (non-hydrogen) atoms. The molecule has 5 heteroatoms. The molecule has 1 atom stereocenters.